The van der Waals surface area contributed by atoms with Crippen molar-refractivity contribution in [3.8, 4) is 22.9 Å². The number of halogens is 3. The van der Waals surface area contributed by atoms with Crippen molar-refractivity contribution in [2.45, 2.75) is 29.3 Å². The summed E-state index contributed by atoms with van der Waals surface area (Å²) in [5, 5.41) is 13.8. The zero-order valence-electron chi connectivity index (χ0n) is 17.9. The Bertz CT molecular complexity index is 1360. The van der Waals surface area contributed by atoms with Crippen molar-refractivity contribution in [3.05, 3.63) is 65.0 Å². The highest BCUT2D eigenvalue weighted by molar-refractivity contribution is 7.94. The first kappa shape index (κ1) is 24.1. The normalized spacial score (nSPS) is 18.4. The lowest BCUT2D eigenvalue weighted by molar-refractivity contribution is -0.139. The number of anilines is 1. The molecule has 178 valence electrons. The van der Waals surface area contributed by atoms with Crippen LogP contribution in [0.4, 0.5) is 18.9 Å². The van der Waals surface area contributed by atoms with Gasteiger partial charge in [0.25, 0.3) is 10.0 Å². The van der Waals surface area contributed by atoms with E-state index in [9.17, 15) is 21.6 Å². The minimum Gasteiger partial charge on any atom is -0.485 e. The molecule has 1 aromatic heterocycles. The SMILES string of the molecule is C[C@@]1(Oc2cc(NS(=O)(=O)c3sccc3-c3cccc(C#N)c3)ccc2C(F)(F)F)CCNC1. The van der Waals surface area contributed by atoms with Gasteiger partial charge in [0.1, 0.15) is 15.6 Å². The fraction of sp³-hybridized carbons (Fsp3) is 0.261. The summed E-state index contributed by atoms with van der Waals surface area (Å²) in [6, 6.07) is 13.1. The molecule has 0 amide bonds. The lowest BCUT2D eigenvalue weighted by Crippen LogP contribution is -2.35. The molecule has 1 atom stereocenters. The van der Waals surface area contributed by atoms with Crippen LogP contribution in [-0.4, -0.2) is 27.1 Å². The van der Waals surface area contributed by atoms with Gasteiger partial charge in [-0.1, -0.05) is 12.1 Å². The van der Waals surface area contributed by atoms with Crippen LogP contribution in [0.2, 0.25) is 0 Å². The van der Waals surface area contributed by atoms with Crippen LogP contribution in [0.3, 0.4) is 0 Å². The highest BCUT2D eigenvalue weighted by atomic mass is 32.2. The molecule has 2 heterocycles. The molecule has 2 aromatic carbocycles. The minimum atomic E-state index is -4.66. The van der Waals surface area contributed by atoms with Crippen molar-refractivity contribution in [1.29, 1.82) is 5.26 Å². The summed E-state index contributed by atoms with van der Waals surface area (Å²) in [5.41, 5.74) is -0.568. The number of hydrogen-bond acceptors (Lipinski definition) is 6. The first-order valence-electron chi connectivity index (χ1n) is 10.2. The maximum absolute atomic E-state index is 13.6. The van der Waals surface area contributed by atoms with Crippen molar-refractivity contribution >= 4 is 27.0 Å². The average Bonchev–Trinajstić information content (AvgIpc) is 3.43. The summed E-state index contributed by atoms with van der Waals surface area (Å²) in [7, 11) is -4.14. The Morgan fingerprint density at radius 1 is 1.21 bits per heavy atom. The Labute approximate surface area is 199 Å². The fourth-order valence-corrected chi connectivity index (χ4v) is 6.17. The summed E-state index contributed by atoms with van der Waals surface area (Å²) >= 11 is 0.968. The monoisotopic (exact) mass is 507 g/mol. The maximum atomic E-state index is 13.6. The van der Waals surface area contributed by atoms with E-state index in [4.69, 9.17) is 10.00 Å². The van der Waals surface area contributed by atoms with E-state index in [1.54, 1.807) is 42.6 Å². The third kappa shape index (κ3) is 5.04. The van der Waals surface area contributed by atoms with Crippen LogP contribution in [0.15, 0.2) is 58.1 Å². The van der Waals surface area contributed by atoms with E-state index < -0.39 is 33.1 Å². The number of nitriles is 1. The molecule has 4 rings (SSSR count). The van der Waals surface area contributed by atoms with Crippen LogP contribution in [0.5, 0.6) is 5.75 Å². The first-order valence-corrected chi connectivity index (χ1v) is 12.6. The standard InChI is InChI=1S/C23H20F3N3O3S2/c1-22(8-9-28-14-22)32-20-12-17(5-6-19(20)23(24,25)26)29-34(30,31)21-18(7-10-33-21)16-4-2-3-15(11-16)13-27/h2-7,10-12,28-29H,8-9,14H2,1H3/t22-/m1/s1. The van der Waals surface area contributed by atoms with E-state index in [2.05, 4.69) is 10.0 Å². The van der Waals surface area contributed by atoms with E-state index in [1.807, 2.05) is 6.07 Å². The third-order valence-electron chi connectivity index (χ3n) is 5.40. The molecule has 3 aromatic rings. The van der Waals surface area contributed by atoms with Gasteiger partial charge >= 0.3 is 6.18 Å². The Balaban J connectivity index is 1.68. The van der Waals surface area contributed by atoms with Gasteiger partial charge in [-0.3, -0.25) is 4.72 Å². The van der Waals surface area contributed by atoms with E-state index >= 15 is 0 Å². The van der Waals surface area contributed by atoms with Gasteiger partial charge in [-0.05, 0) is 54.7 Å². The molecule has 34 heavy (non-hydrogen) atoms. The Morgan fingerprint density at radius 2 is 2.00 bits per heavy atom. The van der Waals surface area contributed by atoms with Crippen LogP contribution in [0.1, 0.15) is 24.5 Å². The van der Waals surface area contributed by atoms with Crippen molar-refractivity contribution in [2.75, 3.05) is 17.8 Å². The maximum Gasteiger partial charge on any atom is 0.419 e. The zero-order chi connectivity index (χ0) is 24.6. The Morgan fingerprint density at radius 3 is 2.68 bits per heavy atom. The molecular formula is C23H20F3N3O3S2. The van der Waals surface area contributed by atoms with Gasteiger partial charge < -0.3 is 10.1 Å². The molecule has 0 aliphatic carbocycles. The first-order chi connectivity index (χ1) is 16.0. The van der Waals surface area contributed by atoms with Gasteiger partial charge in [0.05, 0.1) is 22.9 Å². The smallest absolute Gasteiger partial charge is 0.419 e. The largest absolute Gasteiger partial charge is 0.485 e. The predicted octanol–water partition coefficient (Wildman–Crippen LogP) is 5.24. The minimum absolute atomic E-state index is 0.0167. The van der Waals surface area contributed by atoms with Crippen LogP contribution in [0, 0.1) is 11.3 Å². The van der Waals surface area contributed by atoms with Crippen molar-refractivity contribution < 1.29 is 26.3 Å². The number of thiophene rings is 1. The Hall–Kier alpha value is -3.07. The molecule has 1 fully saturated rings. The van der Waals surface area contributed by atoms with Crippen molar-refractivity contribution in [3.63, 3.8) is 0 Å². The van der Waals surface area contributed by atoms with Crippen LogP contribution >= 0.6 is 11.3 Å². The molecule has 1 aliphatic heterocycles. The van der Waals surface area contributed by atoms with E-state index in [0.717, 1.165) is 29.5 Å². The number of nitrogens with zero attached hydrogens (tertiary/aromatic N) is 1. The molecule has 1 aliphatic rings. The van der Waals surface area contributed by atoms with Crippen molar-refractivity contribution in [1.82, 2.24) is 5.32 Å². The lowest BCUT2D eigenvalue weighted by atomic mass is 10.1. The van der Waals surface area contributed by atoms with Gasteiger partial charge in [0.2, 0.25) is 0 Å². The Kier molecular flexibility index (Phi) is 6.33. The zero-order valence-corrected chi connectivity index (χ0v) is 19.6. The third-order valence-corrected chi connectivity index (χ3v) is 8.27. The van der Waals surface area contributed by atoms with Crippen LogP contribution < -0.4 is 14.8 Å². The summed E-state index contributed by atoms with van der Waals surface area (Å²) in [6.45, 7) is 2.69. The van der Waals surface area contributed by atoms with E-state index in [1.165, 1.54) is 0 Å². The van der Waals surface area contributed by atoms with Crippen molar-refractivity contribution in [2.24, 2.45) is 0 Å². The highest BCUT2D eigenvalue weighted by Gasteiger charge is 2.38. The average molecular weight is 508 g/mol. The topological polar surface area (TPSA) is 91.2 Å². The van der Waals surface area contributed by atoms with E-state index in [-0.39, 0.29) is 9.90 Å². The lowest BCUT2D eigenvalue weighted by Gasteiger charge is -2.27. The summed E-state index contributed by atoms with van der Waals surface area (Å²) in [6.07, 6.45) is -4.15. The number of nitrogens with one attached hydrogen (secondary N) is 2. The quantitative estimate of drug-likeness (QED) is 0.476. The number of sulfonamides is 1. The van der Waals surface area contributed by atoms with Crippen LogP contribution in [-0.2, 0) is 16.2 Å². The molecule has 0 spiro atoms. The molecule has 0 unspecified atom stereocenters. The second-order valence-electron chi connectivity index (χ2n) is 8.11. The second-order valence-corrected chi connectivity index (χ2v) is 10.9. The number of ether oxygens (including phenoxy) is 1. The van der Waals surface area contributed by atoms with Gasteiger partial charge in [0, 0.05) is 24.6 Å². The van der Waals surface area contributed by atoms with Gasteiger partial charge in [-0.15, -0.1) is 11.3 Å². The summed E-state index contributed by atoms with van der Waals surface area (Å²) < 4.78 is 75.2. The van der Waals surface area contributed by atoms with Gasteiger partial charge in [-0.25, -0.2) is 8.42 Å². The highest BCUT2D eigenvalue weighted by Crippen LogP contribution is 2.41. The summed E-state index contributed by atoms with van der Waals surface area (Å²) in [5.74, 6) is -0.438. The second kappa shape index (κ2) is 8.94. The predicted molar refractivity (Wildman–Crippen MR) is 123 cm³/mol. The molecule has 11 heteroatoms. The van der Waals surface area contributed by atoms with Gasteiger partial charge in [0.15, 0.2) is 0 Å². The molecule has 2 N–H and O–H groups in total. The molecule has 0 saturated carbocycles. The molecule has 0 bridgehead atoms. The fourth-order valence-electron chi connectivity index (χ4n) is 3.73. The number of alkyl halides is 3. The number of benzene rings is 2. The molecular weight excluding hydrogens is 487 g/mol. The molecule has 1 saturated heterocycles. The van der Waals surface area contributed by atoms with E-state index in [0.29, 0.717) is 36.2 Å². The number of hydrogen-bond donors (Lipinski definition) is 2. The van der Waals surface area contributed by atoms with Crippen LogP contribution in [0.25, 0.3) is 11.1 Å². The molecule has 0 radical (unpaired) electrons. The number of rotatable bonds is 6. The van der Waals surface area contributed by atoms with Gasteiger partial charge in [-0.2, -0.15) is 18.4 Å². The summed E-state index contributed by atoms with van der Waals surface area (Å²) in [4.78, 5) is 0. The molecule has 6 nitrogen and oxygen atoms in total.